The molecule has 2 aliphatic rings. The molecule has 9 nitrogen and oxygen atoms in total. The minimum atomic E-state index is -0.571. The number of rotatable bonds is 5. The monoisotopic (exact) mass is 459 g/mol. The van der Waals surface area contributed by atoms with E-state index in [0.717, 1.165) is 0 Å². The van der Waals surface area contributed by atoms with Crippen molar-refractivity contribution in [3.05, 3.63) is 104 Å². The van der Waals surface area contributed by atoms with Gasteiger partial charge in [-0.05, 0) is 66.5 Å². The third-order valence-corrected chi connectivity index (χ3v) is 6.45. The number of likely N-dealkylation sites (tertiary alicyclic amines) is 1. The quantitative estimate of drug-likeness (QED) is 0.372. The molecule has 1 spiro atoms. The summed E-state index contributed by atoms with van der Waals surface area (Å²) in [5.41, 5.74) is 1.90. The molecule has 172 valence electrons. The number of hydrogen-bond donors (Lipinski definition) is 0. The Morgan fingerprint density at radius 2 is 1.26 bits per heavy atom. The second kappa shape index (κ2) is 8.86. The van der Waals surface area contributed by atoms with Crippen LogP contribution in [0, 0.1) is 25.6 Å². The summed E-state index contributed by atoms with van der Waals surface area (Å²) in [4.78, 5) is 47.9. The molecule has 2 aromatic rings. The largest absolute Gasteiger partial charge is 0.339 e. The van der Waals surface area contributed by atoms with Crippen LogP contribution in [0.15, 0.2) is 72.3 Å². The van der Waals surface area contributed by atoms with Crippen molar-refractivity contribution >= 4 is 35.2 Å². The van der Waals surface area contributed by atoms with Crippen molar-refractivity contribution in [1.29, 1.82) is 0 Å². The molecule has 1 saturated heterocycles. The Morgan fingerprint density at radius 1 is 0.853 bits per heavy atom. The maximum absolute atomic E-state index is 13.2. The fourth-order valence-corrected chi connectivity index (χ4v) is 4.56. The fourth-order valence-electron chi connectivity index (χ4n) is 4.56. The summed E-state index contributed by atoms with van der Waals surface area (Å²) in [6, 6.07) is 12.0. The van der Waals surface area contributed by atoms with Crippen molar-refractivity contribution < 1.29 is 19.4 Å². The van der Waals surface area contributed by atoms with Gasteiger partial charge in [-0.3, -0.25) is 29.8 Å². The molecule has 1 aliphatic carbocycles. The lowest BCUT2D eigenvalue weighted by atomic mass is 9.54. The van der Waals surface area contributed by atoms with Gasteiger partial charge in [0.25, 0.3) is 11.4 Å². The van der Waals surface area contributed by atoms with Crippen LogP contribution in [0.5, 0.6) is 0 Å². The first-order chi connectivity index (χ1) is 16.2. The number of carbonyl (C=O) groups is 2. The summed E-state index contributed by atoms with van der Waals surface area (Å²) in [5.74, 6) is -0.303. The molecule has 2 aromatic carbocycles. The molecular weight excluding hydrogens is 438 g/mol. The van der Waals surface area contributed by atoms with Crippen LogP contribution < -0.4 is 0 Å². The Bertz CT molecular complexity index is 1170. The van der Waals surface area contributed by atoms with Crippen LogP contribution in [-0.2, 0) is 9.59 Å². The molecule has 2 fully saturated rings. The Hall–Kier alpha value is -4.40. The van der Waals surface area contributed by atoms with Crippen molar-refractivity contribution in [2.75, 3.05) is 13.1 Å². The van der Waals surface area contributed by atoms with Crippen LogP contribution in [0.4, 0.5) is 11.4 Å². The van der Waals surface area contributed by atoms with E-state index in [9.17, 15) is 29.8 Å². The lowest BCUT2D eigenvalue weighted by Gasteiger charge is -2.50. The zero-order valence-electron chi connectivity index (χ0n) is 18.2. The van der Waals surface area contributed by atoms with Crippen molar-refractivity contribution in [3.63, 3.8) is 0 Å². The number of nitro groups is 2. The predicted octanol–water partition coefficient (Wildman–Crippen LogP) is 4.35. The number of ketones is 1. The number of amides is 1. The van der Waals surface area contributed by atoms with Gasteiger partial charge in [0.15, 0.2) is 5.78 Å². The highest BCUT2D eigenvalue weighted by Gasteiger charge is 2.54. The number of Topliss-reactive ketones (excluding diaryl/α,β-unsaturated/α-hetero) is 1. The van der Waals surface area contributed by atoms with Gasteiger partial charge < -0.3 is 4.90 Å². The third-order valence-electron chi connectivity index (χ3n) is 6.45. The number of benzene rings is 2. The Kier molecular flexibility index (Phi) is 5.93. The molecule has 1 aliphatic heterocycles. The Balaban J connectivity index is 1.70. The van der Waals surface area contributed by atoms with Crippen molar-refractivity contribution in [1.82, 2.24) is 4.90 Å². The van der Waals surface area contributed by atoms with E-state index in [2.05, 4.69) is 6.58 Å². The molecular formula is C25H21N3O6. The third kappa shape index (κ3) is 4.03. The number of allylic oxidation sites excluding steroid dienone is 2. The average Bonchev–Trinajstić information content (AvgIpc) is 2.86. The lowest BCUT2D eigenvalue weighted by molar-refractivity contribution is -0.385. The van der Waals surface area contributed by atoms with E-state index in [0.29, 0.717) is 48.2 Å². The van der Waals surface area contributed by atoms with Gasteiger partial charge in [-0.1, -0.05) is 6.58 Å². The van der Waals surface area contributed by atoms with Gasteiger partial charge in [0.1, 0.15) is 0 Å². The van der Waals surface area contributed by atoms with Crippen molar-refractivity contribution in [2.24, 2.45) is 5.41 Å². The molecule has 1 saturated carbocycles. The molecule has 0 aromatic heterocycles. The number of nitro benzene ring substituents is 2. The molecule has 9 heteroatoms. The van der Waals surface area contributed by atoms with Crippen LogP contribution in [-0.4, -0.2) is 39.5 Å². The highest BCUT2D eigenvalue weighted by atomic mass is 16.6. The predicted molar refractivity (Wildman–Crippen MR) is 126 cm³/mol. The van der Waals surface area contributed by atoms with Crippen LogP contribution in [0.2, 0.25) is 0 Å². The van der Waals surface area contributed by atoms with Crippen LogP contribution >= 0.6 is 0 Å². The van der Waals surface area contributed by atoms with E-state index in [-0.39, 0.29) is 23.1 Å². The normalized spacial score (nSPS) is 19.2. The summed E-state index contributed by atoms with van der Waals surface area (Å²) in [7, 11) is 0. The SMILES string of the molecule is C=CC(=O)N1CCC2(CC1)/C(=C\c1ccc([N+](=O)[O-])cc1)C(=O)/C2=C/c1ccc([N+](=O)[O-])cc1. The second-order valence-corrected chi connectivity index (χ2v) is 8.25. The average molecular weight is 459 g/mol. The number of nitrogens with zero attached hydrogens (tertiary/aromatic N) is 3. The van der Waals surface area contributed by atoms with Crippen LogP contribution in [0.25, 0.3) is 12.2 Å². The van der Waals surface area contributed by atoms with Gasteiger partial charge in [0.2, 0.25) is 5.91 Å². The minimum Gasteiger partial charge on any atom is -0.339 e. The van der Waals surface area contributed by atoms with E-state index in [1.54, 1.807) is 41.3 Å². The molecule has 4 rings (SSSR count). The highest BCUT2D eigenvalue weighted by molar-refractivity contribution is 6.23. The molecule has 1 heterocycles. The Labute approximate surface area is 195 Å². The number of non-ortho nitro benzene ring substituents is 2. The van der Waals surface area contributed by atoms with E-state index < -0.39 is 15.3 Å². The lowest BCUT2D eigenvalue weighted by Crippen LogP contribution is -2.52. The van der Waals surface area contributed by atoms with Gasteiger partial charge >= 0.3 is 0 Å². The fraction of sp³-hybridized carbons (Fsp3) is 0.200. The van der Waals surface area contributed by atoms with Gasteiger partial charge in [-0.25, -0.2) is 0 Å². The molecule has 0 N–H and O–H groups in total. The molecule has 0 radical (unpaired) electrons. The van der Waals surface area contributed by atoms with Gasteiger partial charge in [-0.15, -0.1) is 0 Å². The van der Waals surface area contributed by atoms with Crippen LogP contribution in [0.1, 0.15) is 24.0 Å². The van der Waals surface area contributed by atoms with Gasteiger partial charge in [0, 0.05) is 53.9 Å². The van der Waals surface area contributed by atoms with Crippen molar-refractivity contribution in [2.45, 2.75) is 12.8 Å². The number of hydrogen-bond acceptors (Lipinski definition) is 6. The second-order valence-electron chi connectivity index (χ2n) is 8.25. The van der Waals surface area contributed by atoms with Crippen molar-refractivity contribution in [3.8, 4) is 0 Å². The number of piperidine rings is 1. The summed E-state index contributed by atoms with van der Waals surface area (Å²) < 4.78 is 0. The summed E-state index contributed by atoms with van der Waals surface area (Å²) >= 11 is 0. The van der Waals surface area contributed by atoms with E-state index in [1.807, 2.05) is 0 Å². The maximum atomic E-state index is 13.2. The summed E-state index contributed by atoms with van der Waals surface area (Å²) in [6.07, 6.45) is 5.85. The molecule has 1 amide bonds. The topological polar surface area (TPSA) is 124 Å². The van der Waals surface area contributed by atoms with Gasteiger partial charge in [-0.2, -0.15) is 0 Å². The Morgan fingerprint density at radius 3 is 1.62 bits per heavy atom. The van der Waals surface area contributed by atoms with E-state index >= 15 is 0 Å². The number of carbonyl (C=O) groups excluding carboxylic acids is 2. The van der Waals surface area contributed by atoms with Crippen LogP contribution in [0.3, 0.4) is 0 Å². The van der Waals surface area contributed by atoms with E-state index in [1.165, 1.54) is 30.3 Å². The minimum absolute atomic E-state index is 0.0354. The summed E-state index contributed by atoms with van der Waals surface area (Å²) in [6.45, 7) is 4.44. The first-order valence-corrected chi connectivity index (χ1v) is 10.6. The first kappa shape index (κ1) is 22.8. The first-order valence-electron chi connectivity index (χ1n) is 10.6. The standard InChI is InChI=1S/C25H21N3O6/c1-2-23(29)26-13-11-25(12-14-26)21(15-17-3-7-19(8-4-17)27(31)32)24(30)22(25)16-18-5-9-20(10-6-18)28(33)34/h2-10,15-16H,1,11-14H2/b21-15-,22-16-. The zero-order valence-corrected chi connectivity index (χ0v) is 18.2. The van der Waals surface area contributed by atoms with Gasteiger partial charge in [0.05, 0.1) is 9.85 Å². The molecule has 0 bridgehead atoms. The summed E-state index contributed by atoms with van der Waals surface area (Å²) in [5, 5.41) is 21.9. The van der Waals surface area contributed by atoms with E-state index in [4.69, 9.17) is 0 Å². The zero-order chi connectivity index (χ0) is 24.5. The maximum Gasteiger partial charge on any atom is 0.269 e. The smallest absolute Gasteiger partial charge is 0.269 e. The highest BCUT2D eigenvalue weighted by Crippen LogP contribution is 2.56. The molecule has 34 heavy (non-hydrogen) atoms. The molecule has 0 atom stereocenters. The molecule has 0 unspecified atom stereocenters.